The lowest BCUT2D eigenvalue weighted by molar-refractivity contribution is -0.120. The minimum absolute atomic E-state index is 0.256. The largest absolute Gasteiger partial charge is 0.453 e. The number of ether oxygens (including phenoxy) is 2. The zero-order valence-electron chi connectivity index (χ0n) is 14.6. The molecule has 1 aliphatic carbocycles. The summed E-state index contributed by atoms with van der Waals surface area (Å²) >= 11 is 6.40. The fraction of sp³-hybridized carbons (Fsp3) is 0.300. The van der Waals surface area contributed by atoms with Crippen molar-refractivity contribution < 1.29 is 19.1 Å². The number of amides is 2. The van der Waals surface area contributed by atoms with Crippen LogP contribution in [-0.4, -0.2) is 12.5 Å². The van der Waals surface area contributed by atoms with Crippen LogP contribution in [-0.2, 0) is 10.3 Å². The molecule has 7 heteroatoms. The molecule has 4 rings (SSSR count). The molecule has 2 aromatic rings. The molecule has 1 aliphatic heterocycles. The van der Waals surface area contributed by atoms with Gasteiger partial charge in [0.15, 0.2) is 11.5 Å². The number of para-hydroxylation sites is 2. The van der Waals surface area contributed by atoms with E-state index in [0.717, 1.165) is 37.7 Å². The van der Waals surface area contributed by atoms with E-state index in [-0.39, 0.29) is 6.03 Å². The number of benzene rings is 2. The number of hydrogen-bond donors (Lipinski definition) is 2. The first-order chi connectivity index (χ1) is 13.1. The Bertz CT molecular complexity index is 894. The topological polar surface area (TPSA) is 76.7 Å². The van der Waals surface area contributed by atoms with Crippen LogP contribution in [0.2, 0.25) is 5.02 Å². The molecule has 0 radical (unpaired) electrons. The van der Waals surface area contributed by atoms with Crippen LogP contribution in [0, 0.1) is 0 Å². The molecule has 27 heavy (non-hydrogen) atoms. The van der Waals surface area contributed by atoms with E-state index in [9.17, 15) is 9.59 Å². The lowest BCUT2D eigenvalue weighted by atomic mass is 9.74. The summed E-state index contributed by atoms with van der Waals surface area (Å²) in [6.45, 7) is 0.365. The monoisotopic (exact) mass is 386 g/mol. The highest BCUT2D eigenvalue weighted by Gasteiger charge is 2.43. The van der Waals surface area contributed by atoms with Crippen molar-refractivity contribution in [3.05, 3.63) is 47.0 Å². The first-order valence-electron chi connectivity index (χ1n) is 8.92. The van der Waals surface area contributed by atoms with Crippen LogP contribution >= 0.6 is 11.6 Å². The third-order valence-corrected chi connectivity index (χ3v) is 5.45. The van der Waals surface area contributed by atoms with Crippen LogP contribution < -0.4 is 20.1 Å². The average molecular weight is 387 g/mol. The molecule has 6 nitrogen and oxygen atoms in total. The van der Waals surface area contributed by atoms with Gasteiger partial charge in [-0.15, -0.1) is 0 Å². The molecule has 0 saturated heterocycles. The van der Waals surface area contributed by atoms with Crippen molar-refractivity contribution in [1.29, 1.82) is 0 Å². The minimum atomic E-state index is -0.517. The summed E-state index contributed by atoms with van der Waals surface area (Å²) in [4.78, 5) is 23.1. The Hall–Kier alpha value is -2.73. The van der Waals surface area contributed by atoms with Gasteiger partial charge in [-0.3, -0.25) is 4.79 Å². The van der Waals surface area contributed by atoms with Crippen LogP contribution in [0.25, 0.3) is 0 Å². The molecular weight excluding hydrogens is 368 g/mol. The van der Waals surface area contributed by atoms with Gasteiger partial charge in [0.1, 0.15) is 5.75 Å². The van der Waals surface area contributed by atoms with Crippen LogP contribution in [0.3, 0.4) is 0 Å². The molecule has 0 aromatic heterocycles. The second kappa shape index (κ2) is 7.12. The Balaban J connectivity index is 1.83. The summed E-state index contributed by atoms with van der Waals surface area (Å²) in [5, 5.41) is 6.39. The van der Waals surface area contributed by atoms with E-state index in [4.69, 9.17) is 21.1 Å². The van der Waals surface area contributed by atoms with E-state index in [0.29, 0.717) is 34.4 Å². The number of halogens is 1. The van der Waals surface area contributed by atoms with Crippen molar-refractivity contribution in [3.63, 3.8) is 0 Å². The Morgan fingerprint density at radius 3 is 2.48 bits per heavy atom. The second-order valence-electron chi connectivity index (χ2n) is 6.78. The summed E-state index contributed by atoms with van der Waals surface area (Å²) < 4.78 is 11.2. The van der Waals surface area contributed by atoms with E-state index in [1.165, 1.54) is 0 Å². The molecule has 1 heterocycles. The molecule has 1 saturated carbocycles. The molecule has 2 aromatic carbocycles. The molecule has 2 amide bonds. The van der Waals surface area contributed by atoms with Gasteiger partial charge in [-0.25, -0.2) is 4.79 Å². The Morgan fingerprint density at radius 1 is 1.00 bits per heavy atom. The lowest BCUT2D eigenvalue weighted by Crippen LogP contribution is -2.52. The van der Waals surface area contributed by atoms with E-state index < -0.39 is 5.54 Å². The molecule has 1 spiro atoms. The summed E-state index contributed by atoms with van der Waals surface area (Å²) in [7, 11) is 0. The van der Waals surface area contributed by atoms with Gasteiger partial charge >= 0.3 is 6.03 Å². The van der Waals surface area contributed by atoms with Gasteiger partial charge in [0, 0.05) is 5.56 Å². The molecule has 2 N–H and O–H groups in total. The van der Waals surface area contributed by atoms with E-state index >= 15 is 0 Å². The fourth-order valence-electron chi connectivity index (χ4n) is 4.00. The predicted octanol–water partition coefficient (Wildman–Crippen LogP) is 4.96. The molecule has 2 aliphatic rings. The zero-order chi connectivity index (χ0) is 18.9. The van der Waals surface area contributed by atoms with Crippen LogP contribution in [0.4, 0.5) is 10.5 Å². The maximum absolute atomic E-state index is 12.3. The van der Waals surface area contributed by atoms with E-state index in [1.54, 1.807) is 36.4 Å². The van der Waals surface area contributed by atoms with Crippen molar-refractivity contribution >= 4 is 29.8 Å². The number of carbonyl (C=O) groups excluding carboxylic acids is 2. The van der Waals surface area contributed by atoms with Gasteiger partial charge in [0.25, 0.3) is 6.47 Å². The van der Waals surface area contributed by atoms with Gasteiger partial charge in [0.05, 0.1) is 16.2 Å². The van der Waals surface area contributed by atoms with Crippen LogP contribution in [0.5, 0.6) is 17.2 Å². The number of anilines is 1. The van der Waals surface area contributed by atoms with Gasteiger partial charge in [-0.2, -0.15) is 0 Å². The van der Waals surface area contributed by atoms with Gasteiger partial charge in [0.2, 0.25) is 0 Å². The smallest absolute Gasteiger partial charge is 0.319 e. The normalized spacial score (nSPS) is 17.4. The molecule has 0 bridgehead atoms. The summed E-state index contributed by atoms with van der Waals surface area (Å²) in [6, 6.07) is 10.2. The van der Waals surface area contributed by atoms with Gasteiger partial charge < -0.3 is 20.1 Å². The summed E-state index contributed by atoms with van der Waals surface area (Å²) in [5.41, 5.74) is 0.903. The number of carbonyl (C=O) groups is 2. The lowest BCUT2D eigenvalue weighted by Gasteiger charge is -2.43. The minimum Gasteiger partial charge on any atom is -0.453 e. The number of hydrogen-bond acceptors (Lipinski definition) is 4. The van der Waals surface area contributed by atoms with Gasteiger partial charge in [-0.05, 0) is 37.1 Å². The number of rotatable bonds is 4. The van der Waals surface area contributed by atoms with Crippen molar-refractivity contribution in [1.82, 2.24) is 5.32 Å². The highest BCUT2D eigenvalue weighted by molar-refractivity contribution is 6.34. The van der Waals surface area contributed by atoms with Crippen LogP contribution in [0.1, 0.15) is 37.7 Å². The Kier molecular flexibility index (Phi) is 4.66. The zero-order valence-corrected chi connectivity index (χ0v) is 15.3. The fourth-order valence-corrected chi connectivity index (χ4v) is 4.20. The quantitative estimate of drug-likeness (QED) is 0.728. The number of urea groups is 1. The third-order valence-electron chi connectivity index (χ3n) is 5.14. The maximum atomic E-state index is 12.3. The first kappa shape index (κ1) is 17.7. The van der Waals surface area contributed by atoms with E-state index in [1.807, 2.05) is 0 Å². The van der Waals surface area contributed by atoms with Crippen molar-refractivity contribution in [2.45, 2.75) is 37.6 Å². The van der Waals surface area contributed by atoms with Crippen molar-refractivity contribution in [3.8, 4) is 17.2 Å². The second-order valence-corrected chi connectivity index (χ2v) is 7.19. The SMILES string of the molecule is O=COc1ccccc1Oc1ccc(Cl)c2c1C1(CCCCC1)NC(=O)N2. The summed E-state index contributed by atoms with van der Waals surface area (Å²) in [5.74, 6) is 1.31. The third kappa shape index (κ3) is 3.21. The summed E-state index contributed by atoms with van der Waals surface area (Å²) in [6.07, 6.45) is 4.79. The van der Waals surface area contributed by atoms with Crippen LogP contribution in [0.15, 0.2) is 36.4 Å². The highest BCUT2D eigenvalue weighted by atomic mass is 35.5. The van der Waals surface area contributed by atoms with Crippen molar-refractivity contribution in [2.75, 3.05) is 5.32 Å². The van der Waals surface area contributed by atoms with Gasteiger partial charge in [-0.1, -0.05) is 43.0 Å². The average Bonchev–Trinajstić information content (AvgIpc) is 2.66. The highest BCUT2D eigenvalue weighted by Crippen LogP contribution is 2.50. The molecule has 0 unspecified atom stereocenters. The maximum Gasteiger partial charge on any atom is 0.319 e. The predicted molar refractivity (Wildman–Crippen MR) is 102 cm³/mol. The molecule has 1 fully saturated rings. The molecule has 0 atom stereocenters. The molecule has 140 valence electrons. The molecular formula is C20H19ClN2O4. The Morgan fingerprint density at radius 2 is 1.74 bits per heavy atom. The Labute approximate surface area is 161 Å². The number of nitrogens with one attached hydrogen (secondary N) is 2. The van der Waals surface area contributed by atoms with Crippen molar-refractivity contribution in [2.24, 2.45) is 0 Å². The standard InChI is InChI=1S/C20H19ClN2O4/c21-13-8-9-16(27-15-7-3-2-6-14(15)26-12-24)17-18(13)22-19(25)23-20(17)10-4-1-5-11-20/h2-3,6-9,12H,1,4-5,10-11H2,(H2,22,23,25). The first-order valence-corrected chi connectivity index (χ1v) is 9.30. The van der Waals surface area contributed by atoms with E-state index in [2.05, 4.69) is 10.6 Å². The number of fused-ring (bicyclic) bond motifs is 2.